The number of carbonyl (C=O) groups is 1. The predicted molar refractivity (Wildman–Crippen MR) is 117 cm³/mol. The first kappa shape index (κ1) is 20.4. The molecule has 2 aromatic carbocycles. The van der Waals surface area contributed by atoms with Crippen LogP contribution in [0.15, 0.2) is 46.9 Å². The van der Waals surface area contributed by atoms with Crippen LogP contribution in [0.4, 0.5) is 0 Å². The van der Waals surface area contributed by atoms with Crippen molar-refractivity contribution in [3.8, 4) is 5.75 Å². The number of benzene rings is 2. The first-order chi connectivity index (χ1) is 14.7. The lowest BCUT2D eigenvalue weighted by atomic mass is 10.1. The van der Waals surface area contributed by atoms with Crippen LogP contribution in [-0.2, 0) is 6.42 Å². The molecule has 6 nitrogen and oxygen atoms in total. The van der Waals surface area contributed by atoms with Crippen LogP contribution >= 0.6 is 0 Å². The Morgan fingerprint density at radius 2 is 1.93 bits per heavy atom. The summed E-state index contributed by atoms with van der Waals surface area (Å²) in [6.45, 7) is 4.12. The quantitative estimate of drug-likeness (QED) is 0.571. The van der Waals surface area contributed by atoms with Gasteiger partial charge in [0.2, 0.25) is 0 Å². The SMILES string of the molecule is COc1ccc(Cc2nc3ccc(C(=O)NCCCN4CCCCC4)cc3o2)cc1. The number of nitrogens with one attached hydrogen (secondary N) is 1. The van der Waals surface area contributed by atoms with Crippen molar-refractivity contribution in [2.45, 2.75) is 32.1 Å². The van der Waals surface area contributed by atoms with Gasteiger partial charge in [-0.2, -0.15) is 0 Å². The van der Waals surface area contributed by atoms with Crippen molar-refractivity contribution in [3.63, 3.8) is 0 Å². The number of fused-ring (bicyclic) bond motifs is 1. The number of amides is 1. The summed E-state index contributed by atoms with van der Waals surface area (Å²) in [5, 5.41) is 3.02. The van der Waals surface area contributed by atoms with Gasteiger partial charge in [-0.15, -0.1) is 0 Å². The maximum absolute atomic E-state index is 12.5. The Morgan fingerprint density at radius 1 is 1.13 bits per heavy atom. The third kappa shape index (κ3) is 5.19. The number of likely N-dealkylation sites (tertiary alicyclic amines) is 1. The van der Waals surface area contributed by atoms with Gasteiger partial charge in [0.05, 0.1) is 7.11 Å². The van der Waals surface area contributed by atoms with Crippen LogP contribution in [-0.4, -0.2) is 49.1 Å². The van der Waals surface area contributed by atoms with Crippen molar-refractivity contribution < 1.29 is 13.9 Å². The number of carbonyl (C=O) groups excluding carboxylic acids is 1. The molecule has 0 radical (unpaired) electrons. The summed E-state index contributed by atoms with van der Waals surface area (Å²) in [4.78, 5) is 19.5. The minimum absolute atomic E-state index is 0.0661. The average Bonchev–Trinajstić information content (AvgIpc) is 3.19. The summed E-state index contributed by atoms with van der Waals surface area (Å²) in [5.74, 6) is 1.39. The molecular formula is C24H29N3O3. The molecule has 0 aliphatic carbocycles. The van der Waals surface area contributed by atoms with E-state index in [1.807, 2.05) is 36.4 Å². The lowest BCUT2D eigenvalue weighted by Crippen LogP contribution is -2.33. The molecular weight excluding hydrogens is 378 g/mol. The summed E-state index contributed by atoms with van der Waals surface area (Å²) in [7, 11) is 1.65. The number of rotatable bonds is 8. The van der Waals surface area contributed by atoms with E-state index in [9.17, 15) is 4.79 Å². The second-order valence-electron chi connectivity index (χ2n) is 7.83. The predicted octanol–water partition coefficient (Wildman–Crippen LogP) is 4.03. The van der Waals surface area contributed by atoms with Gasteiger partial charge in [-0.25, -0.2) is 4.98 Å². The summed E-state index contributed by atoms with van der Waals surface area (Å²) in [5.41, 5.74) is 3.10. The van der Waals surface area contributed by atoms with E-state index in [1.54, 1.807) is 13.2 Å². The molecule has 1 aromatic heterocycles. The Bertz CT molecular complexity index is 975. The Balaban J connectivity index is 1.32. The molecule has 0 unspecified atom stereocenters. The highest BCUT2D eigenvalue weighted by atomic mass is 16.5. The normalized spacial score (nSPS) is 14.7. The van der Waals surface area contributed by atoms with Gasteiger partial charge < -0.3 is 19.4 Å². The van der Waals surface area contributed by atoms with Gasteiger partial charge in [0.25, 0.3) is 5.91 Å². The number of piperidine rings is 1. The average molecular weight is 408 g/mol. The van der Waals surface area contributed by atoms with Crippen LogP contribution in [0.5, 0.6) is 5.75 Å². The van der Waals surface area contributed by atoms with Crippen molar-refractivity contribution in [1.29, 1.82) is 0 Å². The van der Waals surface area contributed by atoms with Crippen molar-refractivity contribution in [2.24, 2.45) is 0 Å². The maximum Gasteiger partial charge on any atom is 0.251 e. The van der Waals surface area contributed by atoms with E-state index in [2.05, 4.69) is 15.2 Å². The van der Waals surface area contributed by atoms with Gasteiger partial charge in [0.1, 0.15) is 11.3 Å². The van der Waals surface area contributed by atoms with E-state index in [-0.39, 0.29) is 5.91 Å². The van der Waals surface area contributed by atoms with Crippen molar-refractivity contribution in [1.82, 2.24) is 15.2 Å². The first-order valence-electron chi connectivity index (χ1n) is 10.7. The first-order valence-corrected chi connectivity index (χ1v) is 10.7. The number of hydrogen-bond acceptors (Lipinski definition) is 5. The van der Waals surface area contributed by atoms with Crippen molar-refractivity contribution >= 4 is 17.0 Å². The fourth-order valence-corrected chi connectivity index (χ4v) is 3.90. The van der Waals surface area contributed by atoms with E-state index in [1.165, 1.54) is 32.4 Å². The Morgan fingerprint density at radius 3 is 2.70 bits per heavy atom. The van der Waals surface area contributed by atoms with E-state index in [0.29, 0.717) is 30.0 Å². The third-order valence-electron chi connectivity index (χ3n) is 5.59. The molecule has 30 heavy (non-hydrogen) atoms. The summed E-state index contributed by atoms with van der Waals surface area (Å²) in [6, 6.07) is 13.3. The number of ether oxygens (including phenoxy) is 1. The van der Waals surface area contributed by atoms with Crippen molar-refractivity contribution in [2.75, 3.05) is 33.3 Å². The molecule has 1 saturated heterocycles. The summed E-state index contributed by atoms with van der Waals surface area (Å²) in [6.07, 6.45) is 5.51. The van der Waals surface area contributed by atoms with Crippen LogP contribution < -0.4 is 10.1 Å². The molecule has 0 bridgehead atoms. The van der Waals surface area contributed by atoms with Crippen LogP contribution in [0.3, 0.4) is 0 Å². The van der Waals surface area contributed by atoms with Crippen LogP contribution in [0.25, 0.3) is 11.1 Å². The van der Waals surface area contributed by atoms with Gasteiger partial charge in [-0.05, 0) is 74.8 Å². The van der Waals surface area contributed by atoms with Crippen LogP contribution in [0.1, 0.15) is 47.5 Å². The highest BCUT2D eigenvalue weighted by Crippen LogP contribution is 2.20. The molecule has 1 N–H and O–H groups in total. The molecule has 0 atom stereocenters. The Kier molecular flexibility index (Phi) is 6.64. The van der Waals surface area contributed by atoms with E-state index in [4.69, 9.17) is 9.15 Å². The second-order valence-corrected chi connectivity index (χ2v) is 7.83. The molecule has 1 amide bonds. The molecule has 4 rings (SSSR count). The molecule has 1 fully saturated rings. The van der Waals surface area contributed by atoms with Gasteiger partial charge >= 0.3 is 0 Å². The molecule has 1 aliphatic heterocycles. The minimum Gasteiger partial charge on any atom is -0.497 e. The van der Waals surface area contributed by atoms with Crippen molar-refractivity contribution in [3.05, 3.63) is 59.5 Å². The Hall–Kier alpha value is -2.86. The number of methoxy groups -OCH3 is 1. The zero-order valence-electron chi connectivity index (χ0n) is 17.5. The summed E-state index contributed by atoms with van der Waals surface area (Å²) >= 11 is 0. The van der Waals surface area contributed by atoms with Gasteiger partial charge in [0.15, 0.2) is 11.5 Å². The van der Waals surface area contributed by atoms with Crippen LogP contribution in [0, 0.1) is 0 Å². The number of hydrogen-bond donors (Lipinski definition) is 1. The zero-order chi connectivity index (χ0) is 20.8. The fraction of sp³-hybridized carbons (Fsp3) is 0.417. The highest BCUT2D eigenvalue weighted by molar-refractivity contribution is 5.97. The lowest BCUT2D eigenvalue weighted by molar-refractivity contribution is 0.0951. The number of oxazole rings is 1. The summed E-state index contributed by atoms with van der Waals surface area (Å²) < 4.78 is 11.1. The topological polar surface area (TPSA) is 67.6 Å². The minimum atomic E-state index is -0.0661. The molecule has 3 aromatic rings. The molecule has 1 aliphatic rings. The maximum atomic E-state index is 12.5. The van der Waals surface area contributed by atoms with Crippen LogP contribution in [0.2, 0.25) is 0 Å². The molecule has 158 valence electrons. The Labute approximate surface area is 177 Å². The number of nitrogens with zero attached hydrogens (tertiary/aromatic N) is 2. The smallest absolute Gasteiger partial charge is 0.251 e. The molecule has 0 spiro atoms. The van der Waals surface area contributed by atoms with Gasteiger partial charge in [-0.1, -0.05) is 18.6 Å². The van der Waals surface area contributed by atoms with Gasteiger partial charge in [-0.3, -0.25) is 4.79 Å². The third-order valence-corrected chi connectivity index (χ3v) is 5.59. The monoisotopic (exact) mass is 407 g/mol. The van der Waals surface area contributed by atoms with E-state index in [0.717, 1.165) is 29.8 Å². The van der Waals surface area contributed by atoms with E-state index < -0.39 is 0 Å². The molecule has 2 heterocycles. The number of aromatic nitrogens is 1. The molecule has 0 saturated carbocycles. The fourth-order valence-electron chi connectivity index (χ4n) is 3.90. The molecule has 6 heteroatoms. The lowest BCUT2D eigenvalue weighted by Gasteiger charge is -2.26. The zero-order valence-corrected chi connectivity index (χ0v) is 17.5. The second kappa shape index (κ2) is 9.76. The highest BCUT2D eigenvalue weighted by Gasteiger charge is 2.12. The van der Waals surface area contributed by atoms with Gasteiger partial charge in [0, 0.05) is 18.5 Å². The standard InChI is InChI=1S/C24H29N3O3/c1-29-20-9-6-18(7-10-20)16-23-26-21-11-8-19(17-22(21)30-23)24(28)25-12-5-15-27-13-3-2-4-14-27/h6-11,17H,2-5,12-16H2,1H3,(H,25,28). The largest absolute Gasteiger partial charge is 0.497 e. The van der Waals surface area contributed by atoms with E-state index >= 15 is 0 Å².